The van der Waals surface area contributed by atoms with E-state index in [1.165, 1.54) is 24.7 Å². The molecule has 2 aromatic heterocycles. The normalized spacial score (nSPS) is 11.0. The summed E-state index contributed by atoms with van der Waals surface area (Å²) in [6.07, 6.45) is 2.94. The number of rotatable bonds is 4. The zero-order valence-corrected chi connectivity index (χ0v) is 15.7. The average Bonchev–Trinajstić information content (AvgIpc) is 3.44. The van der Waals surface area contributed by atoms with Gasteiger partial charge in [0.1, 0.15) is 17.3 Å². The van der Waals surface area contributed by atoms with Gasteiger partial charge in [-0.25, -0.2) is 14.4 Å². The third kappa shape index (κ3) is 3.44. The molecule has 7 heteroatoms. The zero-order valence-electron chi connectivity index (χ0n) is 15.7. The Morgan fingerprint density at radius 3 is 2.57 bits per heavy atom. The number of benzene rings is 3. The Morgan fingerprint density at radius 2 is 1.73 bits per heavy atom. The smallest absolute Gasteiger partial charge is 0.273 e. The summed E-state index contributed by atoms with van der Waals surface area (Å²) in [4.78, 5) is 26.6. The van der Waals surface area contributed by atoms with E-state index in [0.29, 0.717) is 28.2 Å². The maximum atomic E-state index is 13.5. The van der Waals surface area contributed by atoms with Crippen LogP contribution in [0, 0.1) is 5.82 Å². The second-order valence-corrected chi connectivity index (χ2v) is 6.83. The van der Waals surface area contributed by atoms with Gasteiger partial charge in [0.05, 0.1) is 23.6 Å². The Bertz CT molecular complexity index is 1360. The third-order valence-electron chi connectivity index (χ3n) is 4.78. The van der Waals surface area contributed by atoms with Gasteiger partial charge in [-0.3, -0.25) is 4.79 Å². The number of carbonyl (C=O) groups is 1. The van der Waals surface area contributed by atoms with Crippen molar-refractivity contribution >= 4 is 22.6 Å². The number of aromatic nitrogens is 4. The SMILES string of the molecule is O=C(Nc1cccc(-c2cccc(-c3nc4ccc(F)cc4[nH]3)c2)c1)c1cnc[nH]1. The van der Waals surface area contributed by atoms with Crippen LogP contribution in [0.3, 0.4) is 0 Å². The quantitative estimate of drug-likeness (QED) is 0.398. The summed E-state index contributed by atoms with van der Waals surface area (Å²) in [5.74, 6) is 0.106. The second kappa shape index (κ2) is 7.29. The highest BCUT2D eigenvalue weighted by Gasteiger charge is 2.10. The first kappa shape index (κ1) is 17.8. The number of hydrogen-bond donors (Lipinski definition) is 3. The fraction of sp³-hybridized carbons (Fsp3) is 0. The molecule has 3 aromatic carbocycles. The lowest BCUT2D eigenvalue weighted by Gasteiger charge is -2.08. The summed E-state index contributed by atoms with van der Waals surface area (Å²) in [6.45, 7) is 0. The lowest BCUT2D eigenvalue weighted by atomic mass is 10.0. The van der Waals surface area contributed by atoms with Gasteiger partial charge >= 0.3 is 0 Å². The molecule has 0 saturated carbocycles. The molecule has 0 atom stereocenters. The van der Waals surface area contributed by atoms with E-state index in [1.54, 1.807) is 6.07 Å². The molecule has 6 nitrogen and oxygen atoms in total. The minimum atomic E-state index is -0.305. The highest BCUT2D eigenvalue weighted by atomic mass is 19.1. The van der Waals surface area contributed by atoms with E-state index < -0.39 is 0 Å². The van der Waals surface area contributed by atoms with Crippen LogP contribution in [0.1, 0.15) is 10.5 Å². The van der Waals surface area contributed by atoms with E-state index in [4.69, 9.17) is 0 Å². The van der Waals surface area contributed by atoms with Gasteiger partial charge in [-0.1, -0.05) is 30.3 Å². The molecular weight excluding hydrogens is 381 g/mol. The number of imidazole rings is 2. The fourth-order valence-electron chi connectivity index (χ4n) is 3.32. The van der Waals surface area contributed by atoms with E-state index in [0.717, 1.165) is 16.7 Å². The number of halogens is 1. The predicted molar refractivity (Wildman–Crippen MR) is 113 cm³/mol. The number of hydrogen-bond acceptors (Lipinski definition) is 3. The number of nitrogens with one attached hydrogen (secondary N) is 3. The molecule has 0 radical (unpaired) electrons. The maximum absolute atomic E-state index is 13.5. The zero-order chi connectivity index (χ0) is 20.5. The van der Waals surface area contributed by atoms with Crippen LogP contribution in [0.2, 0.25) is 0 Å². The van der Waals surface area contributed by atoms with Crippen molar-refractivity contribution in [2.45, 2.75) is 0 Å². The summed E-state index contributed by atoms with van der Waals surface area (Å²) >= 11 is 0. The number of fused-ring (bicyclic) bond motifs is 1. The molecule has 0 fully saturated rings. The van der Waals surface area contributed by atoms with Crippen LogP contribution in [0.4, 0.5) is 10.1 Å². The summed E-state index contributed by atoms with van der Waals surface area (Å²) in [7, 11) is 0. The Kier molecular flexibility index (Phi) is 4.33. The van der Waals surface area contributed by atoms with Gasteiger partial charge in [0.2, 0.25) is 0 Å². The largest absolute Gasteiger partial charge is 0.341 e. The highest BCUT2D eigenvalue weighted by Crippen LogP contribution is 2.28. The number of anilines is 1. The lowest BCUT2D eigenvalue weighted by Crippen LogP contribution is -2.12. The van der Waals surface area contributed by atoms with Crippen LogP contribution in [0.5, 0.6) is 0 Å². The third-order valence-corrected chi connectivity index (χ3v) is 4.78. The van der Waals surface area contributed by atoms with E-state index >= 15 is 0 Å². The summed E-state index contributed by atoms with van der Waals surface area (Å²) in [6, 6.07) is 19.9. The van der Waals surface area contributed by atoms with Crippen molar-refractivity contribution in [3.63, 3.8) is 0 Å². The van der Waals surface area contributed by atoms with Gasteiger partial charge in [-0.15, -0.1) is 0 Å². The molecule has 1 amide bonds. The fourth-order valence-corrected chi connectivity index (χ4v) is 3.32. The van der Waals surface area contributed by atoms with Crippen LogP contribution in [-0.4, -0.2) is 25.8 Å². The summed E-state index contributed by atoms with van der Waals surface area (Å²) in [5, 5.41) is 2.86. The van der Waals surface area contributed by atoms with E-state index in [2.05, 4.69) is 25.3 Å². The van der Waals surface area contributed by atoms with Crippen LogP contribution in [0.15, 0.2) is 79.3 Å². The maximum Gasteiger partial charge on any atom is 0.273 e. The molecule has 5 aromatic rings. The van der Waals surface area contributed by atoms with Crippen molar-refractivity contribution in [3.05, 3.63) is 90.8 Å². The molecule has 0 unspecified atom stereocenters. The molecule has 5 rings (SSSR count). The molecule has 0 saturated heterocycles. The molecular formula is C23H16FN5O. The van der Waals surface area contributed by atoms with Gasteiger partial charge in [0.25, 0.3) is 5.91 Å². The Morgan fingerprint density at radius 1 is 0.933 bits per heavy atom. The summed E-state index contributed by atoms with van der Waals surface area (Å²) < 4.78 is 13.5. The van der Waals surface area contributed by atoms with Crippen molar-refractivity contribution in [3.8, 4) is 22.5 Å². The Labute approximate surface area is 170 Å². The molecule has 0 aliphatic rings. The van der Waals surface area contributed by atoms with Gasteiger partial charge < -0.3 is 15.3 Å². The number of aromatic amines is 2. The van der Waals surface area contributed by atoms with Crippen molar-refractivity contribution in [2.24, 2.45) is 0 Å². The van der Waals surface area contributed by atoms with Crippen LogP contribution in [-0.2, 0) is 0 Å². The lowest BCUT2D eigenvalue weighted by molar-refractivity contribution is 0.102. The van der Waals surface area contributed by atoms with Crippen molar-refractivity contribution < 1.29 is 9.18 Å². The first-order valence-electron chi connectivity index (χ1n) is 9.31. The molecule has 2 heterocycles. The molecule has 0 aliphatic heterocycles. The molecule has 0 spiro atoms. The number of H-pyrrole nitrogens is 2. The van der Waals surface area contributed by atoms with Gasteiger partial charge in [0.15, 0.2) is 0 Å². The first-order valence-corrected chi connectivity index (χ1v) is 9.31. The van der Waals surface area contributed by atoms with Crippen LogP contribution >= 0.6 is 0 Å². The molecule has 3 N–H and O–H groups in total. The Hall–Kier alpha value is -4.26. The molecule has 0 aliphatic carbocycles. The van der Waals surface area contributed by atoms with E-state index in [9.17, 15) is 9.18 Å². The highest BCUT2D eigenvalue weighted by molar-refractivity contribution is 6.03. The van der Waals surface area contributed by atoms with Gasteiger partial charge in [-0.05, 0) is 47.5 Å². The first-order chi connectivity index (χ1) is 14.7. The van der Waals surface area contributed by atoms with Gasteiger partial charge in [0, 0.05) is 11.3 Å². The number of amides is 1. The summed E-state index contributed by atoms with van der Waals surface area (Å²) in [5.41, 5.74) is 5.23. The van der Waals surface area contributed by atoms with Crippen molar-refractivity contribution in [1.82, 2.24) is 19.9 Å². The number of carbonyl (C=O) groups excluding carboxylic acids is 1. The van der Waals surface area contributed by atoms with Gasteiger partial charge in [-0.2, -0.15) is 0 Å². The number of nitrogens with zero attached hydrogens (tertiary/aromatic N) is 2. The topological polar surface area (TPSA) is 86.5 Å². The molecule has 30 heavy (non-hydrogen) atoms. The van der Waals surface area contributed by atoms with Crippen LogP contribution < -0.4 is 5.32 Å². The minimum absolute atomic E-state index is 0.257. The van der Waals surface area contributed by atoms with Crippen molar-refractivity contribution in [1.29, 1.82) is 0 Å². The average molecular weight is 397 g/mol. The standard InChI is InChI=1S/C23H16FN5O/c24-17-7-8-19-20(11-17)29-22(28-19)16-5-1-3-14(9-16)15-4-2-6-18(10-15)27-23(30)21-12-25-13-26-21/h1-13H,(H,25,26)(H,27,30)(H,28,29). The Balaban J connectivity index is 1.45. The van der Waals surface area contributed by atoms with E-state index in [-0.39, 0.29) is 11.7 Å². The van der Waals surface area contributed by atoms with Crippen molar-refractivity contribution in [2.75, 3.05) is 5.32 Å². The van der Waals surface area contributed by atoms with Crippen LogP contribution in [0.25, 0.3) is 33.5 Å². The molecule has 0 bridgehead atoms. The second-order valence-electron chi connectivity index (χ2n) is 6.83. The van der Waals surface area contributed by atoms with E-state index in [1.807, 2.05) is 48.5 Å². The minimum Gasteiger partial charge on any atom is -0.341 e. The molecule has 146 valence electrons. The predicted octanol–water partition coefficient (Wildman–Crippen LogP) is 5.01. The monoisotopic (exact) mass is 397 g/mol.